The minimum Gasteiger partial charge on any atom is -0.339 e. The average Bonchev–Trinajstić information content (AvgIpc) is 3.23. The first-order chi connectivity index (χ1) is 14.0. The Balaban J connectivity index is 1.34. The van der Waals surface area contributed by atoms with Gasteiger partial charge in [-0.05, 0) is 25.0 Å². The molecule has 1 saturated heterocycles. The Morgan fingerprint density at radius 2 is 1.52 bits per heavy atom. The van der Waals surface area contributed by atoms with Crippen LogP contribution in [-0.2, 0) is 16.9 Å². The molecule has 5 nitrogen and oxygen atoms in total. The number of piperazine rings is 1. The summed E-state index contributed by atoms with van der Waals surface area (Å²) in [6, 6.07) is 20.4. The average molecular weight is 389 g/mol. The van der Waals surface area contributed by atoms with Gasteiger partial charge in [0.2, 0.25) is 5.91 Å². The number of rotatable bonds is 5. The van der Waals surface area contributed by atoms with E-state index >= 15 is 0 Å². The fourth-order valence-corrected chi connectivity index (χ4v) is 3.89. The van der Waals surface area contributed by atoms with Crippen LogP contribution in [0.1, 0.15) is 19.4 Å². The van der Waals surface area contributed by atoms with E-state index in [0.29, 0.717) is 0 Å². The van der Waals surface area contributed by atoms with Gasteiger partial charge in [-0.1, -0.05) is 60.7 Å². The monoisotopic (exact) mass is 388 g/mol. The third-order valence-electron chi connectivity index (χ3n) is 5.77. The van der Waals surface area contributed by atoms with Crippen LogP contribution in [-0.4, -0.2) is 51.7 Å². The molecule has 4 rings (SSSR count). The quantitative estimate of drug-likeness (QED) is 0.670. The van der Waals surface area contributed by atoms with Gasteiger partial charge in [-0.2, -0.15) is 5.10 Å². The van der Waals surface area contributed by atoms with E-state index in [1.807, 2.05) is 78.2 Å². The van der Waals surface area contributed by atoms with Gasteiger partial charge in [0.15, 0.2) is 0 Å². The Morgan fingerprint density at radius 1 is 0.897 bits per heavy atom. The molecule has 0 N–H and O–H groups in total. The molecule has 150 valence electrons. The van der Waals surface area contributed by atoms with Crippen molar-refractivity contribution >= 4 is 5.91 Å². The van der Waals surface area contributed by atoms with Crippen molar-refractivity contribution in [2.45, 2.75) is 25.9 Å². The Bertz CT molecular complexity index is 941. The number of hydrogen-bond acceptors (Lipinski definition) is 3. The smallest absolute Gasteiger partial charge is 0.232 e. The molecule has 29 heavy (non-hydrogen) atoms. The Hall–Kier alpha value is -2.92. The van der Waals surface area contributed by atoms with E-state index < -0.39 is 5.41 Å². The van der Waals surface area contributed by atoms with Crippen molar-refractivity contribution in [1.82, 2.24) is 19.6 Å². The van der Waals surface area contributed by atoms with Crippen LogP contribution >= 0.6 is 0 Å². The van der Waals surface area contributed by atoms with Crippen LogP contribution in [0.15, 0.2) is 73.1 Å². The molecule has 0 radical (unpaired) electrons. The van der Waals surface area contributed by atoms with E-state index in [0.717, 1.165) is 44.0 Å². The summed E-state index contributed by atoms with van der Waals surface area (Å²) in [5, 5.41) is 4.51. The summed E-state index contributed by atoms with van der Waals surface area (Å²) in [6.45, 7) is 8.01. The highest BCUT2D eigenvalue weighted by molar-refractivity contribution is 5.87. The molecular formula is C24H28N4O. The summed E-state index contributed by atoms with van der Waals surface area (Å²) in [5.74, 6) is 0.203. The first kappa shape index (κ1) is 19.4. The summed E-state index contributed by atoms with van der Waals surface area (Å²) in [5.41, 5.74) is 2.87. The number of nitrogens with zero attached hydrogens (tertiary/aromatic N) is 4. The second-order valence-corrected chi connectivity index (χ2v) is 8.18. The fraction of sp³-hybridized carbons (Fsp3) is 0.333. The van der Waals surface area contributed by atoms with Crippen LogP contribution in [0.3, 0.4) is 0 Å². The molecular weight excluding hydrogens is 360 g/mol. The lowest BCUT2D eigenvalue weighted by Crippen LogP contribution is -2.53. The Morgan fingerprint density at radius 3 is 2.17 bits per heavy atom. The zero-order chi connectivity index (χ0) is 20.3. The second-order valence-electron chi connectivity index (χ2n) is 8.18. The molecule has 0 spiro atoms. The first-order valence-corrected chi connectivity index (χ1v) is 10.2. The highest BCUT2D eigenvalue weighted by atomic mass is 16.2. The van der Waals surface area contributed by atoms with Crippen LogP contribution in [0.5, 0.6) is 0 Å². The molecule has 0 unspecified atom stereocenters. The molecule has 3 aromatic rings. The number of hydrogen-bond donors (Lipinski definition) is 0. The SMILES string of the molecule is CC(C)(C(=O)N1CCN(Cn2cc(-c3ccccc3)cn2)CC1)c1ccccc1. The Kier molecular flexibility index (Phi) is 5.49. The standard InChI is InChI=1S/C24H28N4O/c1-24(2,22-11-7-4-8-12-22)23(29)27-15-13-26(14-16-27)19-28-18-21(17-25-28)20-9-5-3-6-10-20/h3-12,17-18H,13-16,19H2,1-2H3. The van der Waals surface area contributed by atoms with Gasteiger partial charge < -0.3 is 4.90 Å². The topological polar surface area (TPSA) is 41.4 Å². The zero-order valence-electron chi connectivity index (χ0n) is 17.2. The summed E-state index contributed by atoms with van der Waals surface area (Å²) >= 11 is 0. The van der Waals surface area contributed by atoms with Gasteiger partial charge in [-0.15, -0.1) is 0 Å². The predicted molar refractivity (Wildman–Crippen MR) is 115 cm³/mol. The van der Waals surface area contributed by atoms with Crippen molar-refractivity contribution in [2.24, 2.45) is 0 Å². The summed E-state index contributed by atoms with van der Waals surface area (Å²) in [6.07, 6.45) is 4.00. The molecule has 1 aliphatic heterocycles. The number of aromatic nitrogens is 2. The van der Waals surface area contributed by atoms with Gasteiger partial charge in [-0.3, -0.25) is 14.4 Å². The van der Waals surface area contributed by atoms with Gasteiger partial charge in [-0.25, -0.2) is 0 Å². The molecule has 0 aliphatic carbocycles. The minimum absolute atomic E-state index is 0.203. The third-order valence-corrected chi connectivity index (χ3v) is 5.77. The van der Waals surface area contributed by atoms with Crippen LogP contribution < -0.4 is 0 Å². The lowest BCUT2D eigenvalue weighted by atomic mass is 9.83. The highest BCUT2D eigenvalue weighted by Crippen LogP contribution is 2.26. The van der Waals surface area contributed by atoms with Gasteiger partial charge >= 0.3 is 0 Å². The number of carbonyl (C=O) groups excluding carboxylic acids is 1. The fourth-order valence-electron chi connectivity index (χ4n) is 3.89. The van der Waals surface area contributed by atoms with Crippen molar-refractivity contribution < 1.29 is 4.79 Å². The van der Waals surface area contributed by atoms with E-state index in [4.69, 9.17) is 0 Å². The Labute approximate surface area is 172 Å². The van der Waals surface area contributed by atoms with Crippen LogP contribution in [0, 0.1) is 0 Å². The van der Waals surface area contributed by atoms with Crippen molar-refractivity contribution in [3.05, 3.63) is 78.6 Å². The molecule has 1 amide bonds. The lowest BCUT2D eigenvalue weighted by Gasteiger charge is -2.38. The molecule has 0 bridgehead atoms. The van der Waals surface area contributed by atoms with Crippen molar-refractivity contribution in [2.75, 3.05) is 26.2 Å². The van der Waals surface area contributed by atoms with Gasteiger partial charge in [0.05, 0.1) is 18.3 Å². The first-order valence-electron chi connectivity index (χ1n) is 10.2. The lowest BCUT2D eigenvalue weighted by molar-refractivity contribution is -0.138. The van der Waals surface area contributed by atoms with E-state index in [9.17, 15) is 4.79 Å². The normalized spacial score (nSPS) is 15.4. The minimum atomic E-state index is -0.504. The van der Waals surface area contributed by atoms with E-state index in [-0.39, 0.29) is 5.91 Å². The van der Waals surface area contributed by atoms with Gasteiger partial charge in [0.1, 0.15) is 0 Å². The maximum Gasteiger partial charge on any atom is 0.232 e. The number of amides is 1. The summed E-state index contributed by atoms with van der Waals surface area (Å²) in [7, 11) is 0. The molecule has 0 saturated carbocycles. The van der Waals surface area contributed by atoms with Crippen molar-refractivity contribution in [3.8, 4) is 11.1 Å². The zero-order valence-corrected chi connectivity index (χ0v) is 17.2. The third kappa shape index (κ3) is 4.25. The maximum atomic E-state index is 13.1. The van der Waals surface area contributed by atoms with Crippen LogP contribution in [0.2, 0.25) is 0 Å². The molecule has 1 aliphatic rings. The van der Waals surface area contributed by atoms with Gasteiger partial charge in [0.25, 0.3) is 0 Å². The predicted octanol–water partition coefficient (Wildman–Crippen LogP) is 3.63. The van der Waals surface area contributed by atoms with Crippen molar-refractivity contribution in [1.29, 1.82) is 0 Å². The van der Waals surface area contributed by atoms with Crippen LogP contribution in [0.4, 0.5) is 0 Å². The summed E-state index contributed by atoms with van der Waals surface area (Å²) < 4.78 is 1.98. The summed E-state index contributed by atoms with van der Waals surface area (Å²) in [4.78, 5) is 17.5. The number of carbonyl (C=O) groups is 1. The van der Waals surface area contributed by atoms with E-state index in [1.54, 1.807) is 0 Å². The largest absolute Gasteiger partial charge is 0.339 e. The molecule has 1 fully saturated rings. The molecule has 0 atom stereocenters. The maximum absolute atomic E-state index is 13.1. The molecule has 1 aromatic heterocycles. The van der Waals surface area contributed by atoms with E-state index in [2.05, 4.69) is 28.3 Å². The highest BCUT2D eigenvalue weighted by Gasteiger charge is 2.35. The van der Waals surface area contributed by atoms with Crippen LogP contribution in [0.25, 0.3) is 11.1 Å². The molecule has 2 heterocycles. The van der Waals surface area contributed by atoms with E-state index in [1.165, 1.54) is 5.56 Å². The molecule has 5 heteroatoms. The second kappa shape index (κ2) is 8.21. The number of benzene rings is 2. The molecule has 2 aromatic carbocycles. The van der Waals surface area contributed by atoms with Gasteiger partial charge in [0, 0.05) is 37.9 Å². The van der Waals surface area contributed by atoms with Crippen molar-refractivity contribution in [3.63, 3.8) is 0 Å².